The Morgan fingerprint density at radius 3 is 2.16 bits per heavy atom. The average molecular weight is 336 g/mol. The summed E-state index contributed by atoms with van der Waals surface area (Å²) >= 11 is 23.5. The second-order valence-electron chi connectivity index (χ2n) is 3.53. The lowest BCUT2D eigenvalue weighted by Gasteiger charge is -2.04. The summed E-state index contributed by atoms with van der Waals surface area (Å²) < 4.78 is 0. The molecule has 0 aromatic heterocycles. The van der Waals surface area contributed by atoms with Gasteiger partial charge in [0.05, 0.1) is 20.1 Å². The molecule has 0 aliphatic heterocycles. The standard InChI is InChI=1S/C12H6Cl4N2O/c13-8-6-9(11(15)12(16)10(8)14)17-18(19)7-4-2-1-3-5-7/h1-6H. The minimum atomic E-state index is 0.0658. The Kier molecular flexibility index (Phi) is 4.53. The van der Waals surface area contributed by atoms with Gasteiger partial charge in [-0.15, -0.1) is 0 Å². The Hall–Kier alpha value is -1.00. The molecular formula is C12H6Cl4N2O. The number of hydrogen-bond acceptors (Lipinski definition) is 2. The first kappa shape index (κ1) is 14.4. The molecule has 0 fully saturated rings. The molecule has 0 N–H and O–H groups in total. The van der Waals surface area contributed by atoms with Gasteiger partial charge in [-0.25, -0.2) is 0 Å². The third-order valence-corrected chi connectivity index (χ3v) is 4.00. The van der Waals surface area contributed by atoms with E-state index in [0.717, 1.165) is 0 Å². The van der Waals surface area contributed by atoms with E-state index in [1.807, 2.05) is 0 Å². The van der Waals surface area contributed by atoms with Gasteiger partial charge in [-0.2, -0.15) is 0 Å². The zero-order chi connectivity index (χ0) is 14.0. The molecule has 19 heavy (non-hydrogen) atoms. The first-order valence-corrected chi connectivity index (χ1v) is 6.59. The Labute approximate surface area is 129 Å². The van der Waals surface area contributed by atoms with Gasteiger partial charge in [-0.1, -0.05) is 69.5 Å². The monoisotopic (exact) mass is 334 g/mol. The molecule has 0 aliphatic carbocycles. The van der Waals surface area contributed by atoms with Crippen molar-refractivity contribution in [3.63, 3.8) is 0 Å². The van der Waals surface area contributed by atoms with Crippen molar-refractivity contribution in [2.45, 2.75) is 0 Å². The highest BCUT2D eigenvalue weighted by Gasteiger charge is 2.15. The summed E-state index contributed by atoms with van der Waals surface area (Å²) in [7, 11) is 0. The third kappa shape index (κ3) is 3.12. The third-order valence-electron chi connectivity index (χ3n) is 2.26. The smallest absolute Gasteiger partial charge is 0.244 e. The van der Waals surface area contributed by atoms with Crippen LogP contribution >= 0.6 is 46.4 Å². The quantitative estimate of drug-likeness (QED) is 0.211. The fraction of sp³-hybridized carbons (Fsp3) is 0. The van der Waals surface area contributed by atoms with Gasteiger partial charge in [-0.3, -0.25) is 0 Å². The largest absolute Gasteiger partial charge is 0.594 e. The summed E-state index contributed by atoms with van der Waals surface area (Å²) in [5.41, 5.74) is 0.515. The molecule has 2 aromatic carbocycles. The first-order valence-electron chi connectivity index (χ1n) is 5.07. The van der Waals surface area contributed by atoms with Crippen LogP contribution in [0.5, 0.6) is 0 Å². The van der Waals surface area contributed by atoms with Crippen molar-refractivity contribution in [3.05, 3.63) is 61.7 Å². The van der Waals surface area contributed by atoms with Crippen LogP contribution in [0.25, 0.3) is 0 Å². The van der Waals surface area contributed by atoms with Crippen LogP contribution in [0.15, 0.2) is 41.5 Å². The zero-order valence-corrected chi connectivity index (χ0v) is 12.3. The van der Waals surface area contributed by atoms with Crippen molar-refractivity contribution in [1.82, 2.24) is 0 Å². The summed E-state index contributed by atoms with van der Waals surface area (Å²) in [6.07, 6.45) is 0. The molecule has 0 unspecified atom stereocenters. The maximum Gasteiger partial charge on any atom is 0.244 e. The van der Waals surface area contributed by atoms with Crippen molar-refractivity contribution in [2.75, 3.05) is 0 Å². The maximum atomic E-state index is 11.8. The summed E-state index contributed by atoms with van der Waals surface area (Å²) in [6, 6.07) is 9.84. The fourth-order valence-corrected chi connectivity index (χ4v) is 2.17. The maximum absolute atomic E-state index is 11.8. The van der Waals surface area contributed by atoms with E-state index < -0.39 is 0 Å². The van der Waals surface area contributed by atoms with Gasteiger partial charge >= 0.3 is 0 Å². The van der Waals surface area contributed by atoms with Gasteiger partial charge in [0.25, 0.3) is 0 Å². The van der Waals surface area contributed by atoms with Crippen molar-refractivity contribution in [3.8, 4) is 0 Å². The zero-order valence-electron chi connectivity index (χ0n) is 9.28. The molecule has 0 atom stereocenters. The van der Waals surface area contributed by atoms with Gasteiger partial charge in [0.2, 0.25) is 5.69 Å². The predicted molar refractivity (Wildman–Crippen MR) is 78.3 cm³/mol. The Morgan fingerprint density at radius 1 is 0.895 bits per heavy atom. The van der Waals surface area contributed by atoms with E-state index in [1.165, 1.54) is 6.07 Å². The molecule has 0 saturated heterocycles. The lowest BCUT2D eigenvalue weighted by Crippen LogP contribution is -1.90. The van der Waals surface area contributed by atoms with Gasteiger partial charge < -0.3 is 5.21 Å². The molecular weight excluding hydrogens is 330 g/mol. The predicted octanol–water partition coefficient (Wildman–Crippen LogP) is 6.23. The average Bonchev–Trinajstić information content (AvgIpc) is 2.43. The number of nitrogens with zero attached hydrogens (tertiary/aromatic N) is 2. The number of rotatable bonds is 2. The van der Waals surface area contributed by atoms with Gasteiger partial charge in [0.15, 0.2) is 5.69 Å². The van der Waals surface area contributed by atoms with Crippen LogP contribution in [0.1, 0.15) is 0 Å². The van der Waals surface area contributed by atoms with Crippen molar-refractivity contribution < 1.29 is 4.86 Å². The van der Waals surface area contributed by atoms with Crippen LogP contribution < -0.4 is 0 Å². The molecule has 0 radical (unpaired) electrons. The van der Waals surface area contributed by atoms with Crippen molar-refractivity contribution in [2.24, 2.45) is 5.11 Å². The SMILES string of the molecule is [O-][N+](=Nc1cc(Cl)c(Cl)c(Cl)c1Cl)c1ccccc1. The normalized spacial score (nSPS) is 11.7. The summed E-state index contributed by atoms with van der Waals surface area (Å²) in [5.74, 6) is 0. The first-order chi connectivity index (χ1) is 9.00. The number of azo groups is 1. The van der Waals surface area contributed by atoms with E-state index >= 15 is 0 Å². The molecule has 3 nitrogen and oxygen atoms in total. The molecule has 0 heterocycles. The summed E-state index contributed by atoms with van der Waals surface area (Å²) in [5, 5.41) is 16.1. The topological polar surface area (TPSA) is 38.4 Å². The molecule has 98 valence electrons. The number of benzene rings is 2. The van der Waals surface area contributed by atoms with Gasteiger partial charge in [-0.05, 0) is 6.07 Å². The fourth-order valence-electron chi connectivity index (χ4n) is 1.34. The van der Waals surface area contributed by atoms with Crippen LogP contribution in [0, 0.1) is 5.21 Å². The second-order valence-corrected chi connectivity index (χ2v) is 5.07. The molecule has 0 spiro atoms. The molecule has 0 aliphatic rings. The lowest BCUT2D eigenvalue weighted by atomic mass is 10.3. The van der Waals surface area contributed by atoms with Crippen LogP contribution in [-0.4, -0.2) is 4.86 Å². The Balaban J connectivity index is 2.50. The Morgan fingerprint density at radius 2 is 1.53 bits per heavy atom. The van der Waals surface area contributed by atoms with Gasteiger partial charge in [0.1, 0.15) is 0 Å². The number of halogens is 4. The minimum Gasteiger partial charge on any atom is -0.594 e. The van der Waals surface area contributed by atoms with E-state index in [2.05, 4.69) is 5.11 Å². The summed E-state index contributed by atoms with van der Waals surface area (Å²) in [4.78, 5) is 0.432. The van der Waals surface area contributed by atoms with E-state index in [9.17, 15) is 5.21 Å². The molecule has 0 amide bonds. The molecule has 0 saturated carbocycles. The highest BCUT2D eigenvalue weighted by molar-refractivity contribution is 6.52. The van der Waals surface area contributed by atoms with Gasteiger partial charge in [0, 0.05) is 17.2 Å². The molecule has 2 rings (SSSR count). The molecule has 0 bridgehead atoms. The van der Waals surface area contributed by atoms with E-state index in [1.54, 1.807) is 30.3 Å². The van der Waals surface area contributed by atoms with E-state index in [4.69, 9.17) is 46.4 Å². The molecule has 7 heteroatoms. The van der Waals surface area contributed by atoms with Crippen LogP contribution in [0.3, 0.4) is 0 Å². The number of para-hydroxylation sites is 1. The molecule has 2 aromatic rings. The van der Waals surface area contributed by atoms with Crippen molar-refractivity contribution >= 4 is 57.8 Å². The summed E-state index contributed by atoms with van der Waals surface area (Å²) in [6.45, 7) is 0. The van der Waals surface area contributed by atoms with Crippen LogP contribution in [-0.2, 0) is 0 Å². The highest BCUT2D eigenvalue weighted by Crippen LogP contribution is 2.42. The minimum absolute atomic E-state index is 0.0658. The van der Waals surface area contributed by atoms with Crippen molar-refractivity contribution in [1.29, 1.82) is 0 Å². The van der Waals surface area contributed by atoms with Crippen LogP contribution in [0.4, 0.5) is 11.4 Å². The van der Waals surface area contributed by atoms with E-state index in [-0.39, 0.29) is 25.8 Å². The second kappa shape index (κ2) is 5.97. The van der Waals surface area contributed by atoms with Crippen LogP contribution in [0.2, 0.25) is 20.1 Å². The number of hydrogen-bond donors (Lipinski definition) is 0. The Bertz CT molecular complexity index is 644. The lowest BCUT2D eigenvalue weighted by molar-refractivity contribution is -0.435. The highest BCUT2D eigenvalue weighted by atomic mass is 35.5. The van der Waals surface area contributed by atoms with E-state index in [0.29, 0.717) is 10.5 Å².